The van der Waals surface area contributed by atoms with Gasteiger partial charge in [-0.2, -0.15) is 0 Å². The van der Waals surface area contributed by atoms with Gasteiger partial charge in [-0.3, -0.25) is 0 Å². The van der Waals surface area contributed by atoms with Gasteiger partial charge in [0.2, 0.25) is 0 Å². The largest absolute Gasteiger partial charge is 0.478 e. The predicted octanol–water partition coefficient (Wildman–Crippen LogP) is 1.99. The highest BCUT2D eigenvalue weighted by molar-refractivity contribution is 5.99. The second kappa shape index (κ2) is 6.13. The summed E-state index contributed by atoms with van der Waals surface area (Å²) >= 11 is 0. The summed E-state index contributed by atoms with van der Waals surface area (Å²) in [6.45, 7) is 0.557. The van der Waals surface area contributed by atoms with E-state index in [2.05, 4.69) is 15.5 Å². The van der Waals surface area contributed by atoms with Crippen molar-refractivity contribution in [1.29, 1.82) is 0 Å². The van der Waals surface area contributed by atoms with Crippen LogP contribution in [0.4, 0.5) is 10.5 Å². The van der Waals surface area contributed by atoms with Crippen LogP contribution in [0.5, 0.6) is 0 Å². The Morgan fingerprint density at radius 3 is 2.48 bits per heavy atom. The molecule has 0 spiro atoms. The maximum Gasteiger partial charge on any atom is 0.337 e. The van der Waals surface area contributed by atoms with E-state index in [0.717, 1.165) is 12.8 Å². The van der Waals surface area contributed by atoms with Gasteiger partial charge >= 0.3 is 12.0 Å². The molecule has 1 saturated carbocycles. The van der Waals surface area contributed by atoms with Gasteiger partial charge in [0.05, 0.1) is 11.3 Å². The number of hydrogen-bond donors (Lipinski definition) is 3. The van der Waals surface area contributed by atoms with Crippen LogP contribution < -0.4 is 10.6 Å². The number of rotatable bonds is 5. The number of nitrogens with one attached hydrogen (secondary N) is 2. The van der Waals surface area contributed by atoms with E-state index in [4.69, 9.17) is 5.11 Å². The molecule has 0 heterocycles. The maximum atomic E-state index is 12.0. The van der Waals surface area contributed by atoms with Crippen LogP contribution in [0.3, 0.4) is 0 Å². The fraction of sp³-hybridized carbons (Fsp3) is 0.467. The zero-order valence-corrected chi connectivity index (χ0v) is 12.3. The lowest BCUT2D eigenvalue weighted by Crippen LogP contribution is -2.57. The van der Waals surface area contributed by atoms with E-state index in [1.54, 1.807) is 18.2 Å². The number of likely N-dealkylation sites (N-methyl/N-ethyl adjacent to an activating group) is 1. The van der Waals surface area contributed by atoms with Gasteiger partial charge in [0.1, 0.15) is 0 Å². The maximum absolute atomic E-state index is 12.0. The average molecular weight is 291 g/mol. The number of benzene rings is 1. The van der Waals surface area contributed by atoms with Crippen LogP contribution in [0.2, 0.25) is 0 Å². The zero-order chi connectivity index (χ0) is 15.5. The number of hydrogen-bond acceptors (Lipinski definition) is 3. The Balaban J connectivity index is 1.95. The first kappa shape index (κ1) is 15.3. The number of anilines is 1. The van der Waals surface area contributed by atoms with Crippen LogP contribution >= 0.6 is 0 Å². The molecule has 6 nitrogen and oxygen atoms in total. The molecular weight excluding hydrogens is 270 g/mol. The van der Waals surface area contributed by atoms with Crippen molar-refractivity contribution in [2.45, 2.75) is 24.8 Å². The molecule has 0 unspecified atom stereocenters. The number of para-hydroxylation sites is 1. The van der Waals surface area contributed by atoms with Crippen molar-refractivity contribution in [1.82, 2.24) is 10.2 Å². The van der Waals surface area contributed by atoms with E-state index < -0.39 is 5.97 Å². The van der Waals surface area contributed by atoms with Crippen LogP contribution in [0, 0.1) is 0 Å². The van der Waals surface area contributed by atoms with Gasteiger partial charge in [0.15, 0.2) is 0 Å². The summed E-state index contributed by atoms with van der Waals surface area (Å²) in [7, 11) is 4.02. The Hall–Kier alpha value is -2.08. The molecule has 0 aliphatic heterocycles. The number of carboxylic acid groups (broad SMARTS) is 1. The summed E-state index contributed by atoms with van der Waals surface area (Å²) in [5.74, 6) is -1.06. The highest BCUT2D eigenvalue weighted by Gasteiger charge is 2.39. The topological polar surface area (TPSA) is 81.7 Å². The van der Waals surface area contributed by atoms with Gasteiger partial charge in [0.25, 0.3) is 0 Å². The Morgan fingerprint density at radius 1 is 1.29 bits per heavy atom. The number of aromatic carboxylic acids is 1. The lowest BCUT2D eigenvalue weighted by Gasteiger charge is -2.47. The van der Waals surface area contributed by atoms with Gasteiger partial charge in [-0.15, -0.1) is 0 Å². The first-order valence-electron chi connectivity index (χ1n) is 6.99. The minimum absolute atomic E-state index is 0.0314. The van der Waals surface area contributed by atoms with Crippen molar-refractivity contribution in [3.05, 3.63) is 29.8 Å². The molecule has 21 heavy (non-hydrogen) atoms. The molecule has 0 aromatic heterocycles. The normalized spacial score (nSPS) is 16.1. The third-order valence-corrected chi connectivity index (χ3v) is 4.22. The molecule has 0 saturated heterocycles. The summed E-state index contributed by atoms with van der Waals surface area (Å²) in [6.07, 6.45) is 3.29. The van der Waals surface area contributed by atoms with E-state index in [0.29, 0.717) is 12.2 Å². The molecule has 1 fully saturated rings. The van der Waals surface area contributed by atoms with Crippen LogP contribution in [-0.4, -0.2) is 48.2 Å². The standard InChI is InChI=1S/C15H21N3O3/c1-18(2)15(8-5-9-15)10-16-14(21)17-12-7-4-3-6-11(12)13(19)20/h3-4,6-7H,5,8-10H2,1-2H3,(H,19,20)(H2,16,17,21). The van der Waals surface area contributed by atoms with E-state index in [1.807, 2.05) is 14.1 Å². The van der Waals surface area contributed by atoms with Crippen LogP contribution in [-0.2, 0) is 0 Å². The molecule has 0 radical (unpaired) electrons. The lowest BCUT2D eigenvalue weighted by molar-refractivity contribution is 0.0630. The van der Waals surface area contributed by atoms with Crippen molar-refractivity contribution in [2.24, 2.45) is 0 Å². The fourth-order valence-corrected chi connectivity index (χ4v) is 2.56. The van der Waals surface area contributed by atoms with Crippen molar-refractivity contribution < 1.29 is 14.7 Å². The molecule has 1 aromatic rings. The van der Waals surface area contributed by atoms with Crippen LogP contribution in [0.25, 0.3) is 0 Å². The smallest absolute Gasteiger partial charge is 0.337 e. The molecule has 1 aliphatic carbocycles. The Labute approximate surface area is 124 Å². The van der Waals surface area contributed by atoms with E-state index in [9.17, 15) is 9.59 Å². The van der Waals surface area contributed by atoms with Gasteiger partial charge in [-0.25, -0.2) is 9.59 Å². The zero-order valence-electron chi connectivity index (χ0n) is 12.3. The molecule has 1 aromatic carbocycles. The van der Waals surface area contributed by atoms with E-state index in [-0.39, 0.29) is 17.1 Å². The lowest BCUT2D eigenvalue weighted by atomic mass is 9.75. The minimum atomic E-state index is -1.06. The van der Waals surface area contributed by atoms with Crippen LogP contribution in [0.1, 0.15) is 29.6 Å². The Bertz CT molecular complexity index is 539. The Morgan fingerprint density at radius 2 is 1.95 bits per heavy atom. The van der Waals surface area contributed by atoms with Crippen molar-refractivity contribution in [3.8, 4) is 0 Å². The summed E-state index contributed by atoms with van der Waals surface area (Å²) in [4.78, 5) is 25.2. The van der Waals surface area contributed by atoms with Crippen molar-refractivity contribution in [2.75, 3.05) is 26.0 Å². The summed E-state index contributed by atoms with van der Waals surface area (Å²) in [5.41, 5.74) is 0.414. The molecule has 0 atom stereocenters. The van der Waals surface area contributed by atoms with Gasteiger partial charge in [0, 0.05) is 12.1 Å². The third-order valence-electron chi connectivity index (χ3n) is 4.22. The summed E-state index contributed by atoms with van der Waals surface area (Å²) in [6, 6.07) is 5.98. The number of amides is 2. The molecule has 2 amide bonds. The molecule has 2 rings (SSSR count). The number of carboxylic acids is 1. The number of carbonyl (C=O) groups is 2. The molecule has 3 N–H and O–H groups in total. The van der Waals surface area contributed by atoms with Gasteiger partial charge in [-0.1, -0.05) is 12.1 Å². The highest BCUT2D eigenvalue weighted by atomic mass is 16.4. The van der Waals surface area contributed by atoms with Crippen molar-refractivity contribution in [3.63, 3.8) is 0 Å². The average Bonchev–Trinajstić information content (AvgIpc) is 2.37. The van der Waals surface area contributed by atoms with Crippen LogP contribution in [0.15, 0.2) is 24.3 Å². The summed E-state index contributed by atoms with van der Waals surface area (Å²) in [5, 5.41) is 14.5. The van der Waals surface area contributed by atoms with Gasteiger partial charge < -0.3 is 20.6 Å². The quantitative estimate of drug-likeness (QED) is 0.775. The number of urea groups is 1. The highest BCUT2D eigenvalue weighted by Crippen LogP contribution is 2.35. The first-order chi connectivity index (χ1) is 9.94. The minimum Gasteiger partial charge on any atom is -0.478 e. The van der Waals surface area contributed by atoms with Crippen molar-refractivity contribution >= 4 is 17.7 Å². The number of carbonyl (C=O) groups excluding carboxylic acids is 1. The molecule has 1 aliphatic rings. The fourth-order valence-electron chi connectivity index (χ4n) is 2.56. The monoisotopic (exact) mass is 291 g/mol. The SMILES string of the molecule is CN(C)C1(CNC(=O)Nc2ccccc2C(=O)O)CCC1. The second-order valence-corrected chi connectivity index (χ2v) is 5.63. The van der Waals surface area contributed by atoms with E-state index in [1.165, 1.54) is 12.5 Å². The Kier molecular flexibility index (Phi) is 4.47. The first-order valence-corrected chi connectivity index (χ1v) is 6.99. The number of nitrogens with zero attached hydrogens (tertiary/aromatic N) is 1. The molecule has 114 valence electrons. The molecular formula is C15H21N3O3. The molecule has 6 heteroatoms. The second-order valence-electron chi connectivity index (χ2n) is 5.63. The summed E-state index contributed by atoms with van der Waals surface area (Å²) < 4.78 is 0. The predicted molar refractivity (Wildman–Crippen MR) is 80.7 cm³/mol. The van der Waals surface area contributed by atoms with Gasteiger partial charge in [-0.05, 0) is 45.5 Å². The third kappa shape index (κ3) is 3.33. The van der Waals surface area contributed by atoms with E-state index >= 15 is 0 Å². The molecule has 0 bridgehead atoms.